The molecule has 23 heavy (non-hydrogen) atoms. The number of imidazole rings is 1. The molecule has 1 fully saturated rings. The van der Waals surface area contributed by atoms with E-state index in [0.717, 1.165) is 29.8 Å². The summed E-state index contributed by atoms with van der Waals surface area (Å²) in [6.45, 7) is 1.88. The average Bonchev–Trinajstić information content (AvgIpc) is 3.26. The molecule has 1 aliphatic rings. The first-order valence-corrected chi connectivity index (χ1v) is 7.92. The van der Waals surface area contributed by atoms with Crippen molar-refractivity contribution in [2.75, 3.05) is 0 Å². The Hall–Kier alpha value is -2.63. The SMILES string of the molecule is CC(=NNC(=O)NC1CCCC1)c1ccc(-n2ccnc2)cc1. The van der Waals surface area contributed by atoms with Crippen LogP contribution in [0.2, 0.25) is 0 Å². The molecule has 2 N–H and O–H groups in total. The molecule has 0 spiro atoms. The molecule has 0 atom stereocenters. The zero-order chi connectivity index (χ0) is 16.1. The summed E-state index contributed by atoms with van der Waals surface area (Å²) >= 11 is 0. The zero-order valence-electron chi connectivity index (χ0n) is 13.2. The minimum atomic E-state index is -0.230. The van der Waals surface area contributed by atoms with Crippen molar-refractivity contribution in [3.05, 3.63) is 48.5 Å². The van der Waals surface area contributed by atoms with Crippen LogP contribution < -0.4 is 10.7 Å². The van der Waals surface area contributed by atoms with Crippen molar-refractivity contribution in [1.29, 1.82) is 0 Å². The van der Waals surface area contributed by atoms with E-state index < -0.39 is 0 Å². The first-order valence-electron chi connectivity index (χ1n) is 7.92. The summed E-state index contributed by atoms with van der Waals surface area (Å²) in [6.07, 6.45) is 9.90. The molecule has 2 amide bonds. The van der Waals surface area contributed by atoms with Gasteiger partial charge in [0.1, 0.15) is 0 Å². The van der Waals surface area contributed by atoms with E-state index in [2.05, 4.69) is 20.8 Å². The van der Waals surface area contributed by atoms with Gasteiger partial charge in [0.05, 0.1) is 12.0 Å². The summed E-state index contributed by atoms with van der Waals surface area (Å²) in [6, 6.07) is 8.00. The molecule has 0 aliphatic heterocycles. The third kappa shape index (κ3) is 3.97. The van der Waals surface area contributed by atoms with E-state index in [9.17, 15) is 4.79 Å². The summed E-state index contributed by atoms with van der Waals surface area (Å²) in [5.74, 6) is 0. The summed E-state index contributed by atoms with van der Waals surface area (Å²) in [5.41, 5.74) is 5.34. The number of carbonyl (C=O) groups excluding carboxylic acids is 1. The first-order chi connectivity index (χ1) is 11.2. The Morgan fingerprint density at radius 3 is 2.65 bits per heavy atom. The van der Waals surface area contributed by atoms with Crippen LogP contribution in [-0.4, -0.2) is 27.3 Å². The molecule has 3 rings (SSSR count). The second-order valence-corrected chi connectivity index (χ2v) is 5.78. The minimum absolute atomic E-state index is 0.230. The monoisotopic (exact) mass is 311 g/mol. The number of aromatic nitrogens is 2. The van der Waals surface area contributed by atoms with Gasteiger partial charge in [-0.25, -0.2) is 15.2 Å². The Morgan fingerprint density at radius 1 is 1.26 bits per heavy atom. The number of nitrogens with one attached hydrogen (secondary N) is 2. The standard InChI is InChI=1S/C17H21N5O/c1-13(20-21-17(23)19-15-4-2-3-5-15)14-6-8-16(9-7-14)22-11-10-18-12-22/h6-12,15H,2-5H2,1H3,(H2,19,21,23). The Labute approximate surface area is 135 Å². The number of nitrogens with zero attached hydrogens (tertiary/aromatic N) is 3. The summed E-state index contributed by atoms with van der Waals surface area (Å²) in [5, 5.41) is 7.11. The van der Waals surface area contributed by atoms with Gasteiger partial charge in [-0.15, -0.1) is 0 Å². The maximum atomic E-state index is 11.8. The number of benzene rings is 1. The van der Waals surface area contributed by atoms with Gasteiger partial charge in [0.2, 0.25) is 0 Å². The molecular weight excluding hydrogens is 290 g/mol. The predicted octanol–water partition coefficient (Wildman–Crippen LogP) is 2.84. The molecule has 1 aromatic heterocycles. The lowest BCUT2D eigenvalue weighted by atomic mass is 10.1. The molecule has 0 unspecified atom stereocenters. The second-order valence-electron chi connectivity index (χ2n) is 5.78. The molecule has 0 radical (unpaired) electrons. The van der Waals surface area contributed by atoms with E-state index in [4.69, 9.17) is 0 Å². The lowest BCUT2D eigenvalue weighted by Gasteiger charge is -2.11. The molecule has 2 aromatic rings. The molecule has 6 heteroatoms. The number of rotatable bonds is 4. The van der Waals surface area contributed by atoms with Crippen molar-refractivity contribution < 1.29 is 4.79 Å². The van der Waals surface area contributed by atoms with E-state index in [1.165, 1.54) is 12.8 Å². The van der Waals surface area contributed by atoms with E-state index in [1.54, 1.807) is 12.5 Å². The molecular formula is C17H21N5O. The lowest BCUT2D eigenvalue weighted by Crippen LogP contribution is -2.39. The van der Waals surface area contributed by atoms with Gasteiger partial charge < -0.3 is 9.88 Å². The van der Waals surface area contributed by atoms with Crippen LogP contribution in [0.3, 0.4) is 0 Å². The molecule has 1 saturated carbocycles. The molecule has 1 heterocycles. The highest BCUT2D eigenvalue weighted by Crippen LogP contribution is 2.17. The molecule has 0 saturated heterocycles. The van der Waals surface area contributed by atoms with Crippen LogP contribution in [0.15, 0.2) is 48.1 Å². The van der Waals surface area contributed by atoms with Crippen molar-refractivity contribution in [2.24, 2.45) is 5.10 Å². The van der Waals surface area contributed by atoms with Crippen LogP contribution >= 0.6 is 0 Å². The molecule has 0 bridgehead atoms. The van der Waals surface area contributed by atoms with Gasteiger partial charge in [-0.2, -0.15) is 5.10 Å². The molecule has 1 aromatic carbocycles. The third-order valence-corrected chi connectivity index (χ3v) is 4.10. The first kappa shape index (κ1) is 15.3. The van der Waals surface area contributed by atoms with E-state index in [1.807, 2.05) is 42.0 Å². The molecule has 1 aliphatic carbocycles. The maximum Gasteiger partial charge on any atom is 0.335 e. The summed E-state index contributed by atoms with van der Waals surface area (Å²) < 4.78 is 1.93. The van der Waals surface area contributed by atoms with Crippen molar-refractivity contribution in [2.45, 2.75) is 38.6 Å². The van der Waals surface area contributed by atoms with Gasteiger partial charge in [0, 0.05) is 24.1 Å². The van der Waals surface area contributed by atoms with E-state index in [0.29, 0.717) is 6.04 Å². The lowest BCUT2D eigenvalue weighted by molar-refractivity contribution is 0.237. The van der Waals surface area contributed by atoms with Crippen molar-refractivity contribution in [3.8, 4) is 5.69 Å². The van der Waals surface area contributed by atoms with Crippen LogP contribution in [0, 0.1) is 0 Å². The van der Waals surface area contributed by atoms with Crippen LogP contribution in [0.4, 0.5) is 4.79 Å². The minimum Gasteiger partial charge on any atom is -0.334 e. The number of amides is 2. The fraction of sp³-hybridized carbons (Fsp3) is 0.353. The van der Waals surface area contributed by atoms with Crippen molar-refractivity contribution in [1.82, 2.24) is 20.3 Å². The highest BCUT2D eigenvalue weighted by Gasteiger charge is 2.16. The summed E-state index contributed by atoms with van der Waals surface area (Å²) in [7, 11) is 0. The fourth-order valence-corrected chi connectivity index (χ4v) is 2.77. The zero-order valence-corrected chi connectivity index (χ0v) is 13.2. The van der Waals surface area contributed by atoms with Gasteiger partial charge in [-0.05, 0) is 37.5 Å². The molecule has 120 valence electrons. The molecule has 6 nitrogen and oxygen atoms in total. The van der Waals surface area contributed by atoms with Crippen molar-refractivity contribution >= 4 is 11.7 Å². The van der Waals surface area contributed by atoms with E-state index >= 15 is 0 Å². The highest BCUT2D eigenvalue weighted by molar-refractivity contribution is 5.99. The largest absolute Gasteiger partial charge is 0.335 e. The Kier molecular flexibility index (Phi) is 4.71. The topological polar surface area (TPSA) is 71.3 Å². The predicted molar refractivity (Wildman–Crippen MR) is 89.7 cm³/mol. The number of urea groups is 1. The van der Waals surface area contributed by atoms with Crippen LogP contribution in [-0.2, 0) is 0 Å². The van der Waals surface area contributed by atoms with Gasteiger partial charge >= 0.3 is 6.03 Å². The number of hydrogen-bond acceptors (Lipinski definition) is 3. The van der Waals surface area contributed by atoms with Crippen molar-refractivity contribution in [3.63, 3.8) is 0 Å². The number of hydrogen-bond donors (Lipinski definition) is 2. The fourth-order valence-electron chi connectivity index (χ4n) is 2.77. The Morgan fingerprint density at radius 2 is 2.00 bits per heavy atom. The number of hydrazone groups is 1. The smallest absolute Gasteiger partial charge is 0.334 e. The maximum absolute atomic E-state index is 11.8. The third-order valence-electron chi connectivity index (χ3n) is 4.10. The second kappa shape index (κ2) is 7.09. The van der Waals surface area contributed by atoms with Gasteiger partial charge in [0.15, 0.2) is 0 Å². The van der Waals surface area contributed by atoms with Gasteiger partial charge in [-0.1, -0.05) is 25.0 Å². The normalized spacial score (nSPS) is 15.6. The van der Waals surface area contributed by atoms with Crippen LogP contribution in [0.25, 0.3) is 5.69 Å². The van der Waals surface area contributed by atoms with E-state index in [-0.39, 0.29) is 6.03 Å². The highest BCUT2D eigenvalue weighted by atomic mass is 16.2. The summed E-state index contributed by atoms with van der Waals surface area (Å²) in [4.78, 5) is 15.8. The van der Waals surface area contributed by atoms with Crippen LogP contribution in [0.5, 0.6) is 0 Å². The van der Waals surface area contributed by atoms with Crippen LogP contribution in [0.1, 0.15) is 38.2 Å². The Bertz CT molecular complexity index is 670. The van der Waals surface area contributed by atoms with Gasteiger partial charge in [-0.3, -0.25) is 0 Å². The number of carbonyl (C=O) groups is 1. The quantitative estimate of drug-likeness (QED) is 0.673. The van der Waals surface area contributed by atoms with Gasteiger partial charge in [0.25, 0.3) is 0 Å². The average molecular weight is 311 g/mol. The Balaban J connectivity index is 1.58.